The molecule has 0 saturated heterocycles. The first-order chi connectivity index (χ1) is 10.3. The molecule has 0 radical (unpaired) electrons. The van der Waals surface area contributed by atoms with Crippen LogP contribution >= 0.6 is 0 Å². The van der Waals surface area contributed by atoms with Crippen LogP contribution in [0, 0.1) is 0 Å². The maximum absolute atomic E-state index is 12.1. The zero-order valence-electron chi connectivity index (χ0n) is 13.1. The van der Waals surface area contributed by atoms with Crippen LogP contribution in [0.3, 0.4) is 0 Å². The van der Waals surface area contributed by atoms with Crippen LogP contribution in [-0.4, -0.2) is 48.7 Å². The van der Waals surface area contributed by atoms with Crippen molar-refractivity contribution >= 4 is 15.9 Å². The Labute approximate surface area is 130 Å². The number of likely N-dealkylation sites (N-methyl/N-ethyl adjacent to an activating group) is 1. The number of carbonyl (C=O) groups is 1. The van der Waals surface area contributed by atoms with Crippen LogP contribution < -0.4 is 4.72 Å². The van der Waals surface area contributed by atoms with E-state index in [1.807, 2.05) is 0 Å². The fraction of sp³-hybridized carbons (Fsp3) is 0.769. The molecule has 1 aromatic heterocycles. The Hall–Kier alpha value is -1.48. The Morgan fingerprint density at radius 3 is 2.68 bits per heavy atom. The Bertz CT molecular complexity index is 622. The summed E-state index contributed by atoms with van der Waals surface area (Å²) in [6.07, 6.45) is 5.49. The molecular formula is C13H22N4O4S. The molecule has 1 fully saturated rings. The predicted molar refractivity (Wildman–Crippen MR) is 79.4 cm³/mol. The zero-order valence-corrected chi connectivity index (χ0v) is 13.9. The molecule has 0 unspecified atom stereocenters. The first-order valence-corrected chi connectivity index (χ1v) is 9.20. The molecule has 1 aliphatic carbocycles. The molecule has 1 saturated carbocycles. The first-order valence-electron chi connectivity index (χ1n) is 7.31. The number of nitrogens with one attached hydrogen (secondary N) is 1. The van der Waals surface area contributed by atoms with Crippen molar-refractivity contribution in [1.29, 1.82) is 0 Å². The largest absolute Gasteiger partial charge is 0.339 e. The number of amides is 1. The number of hydrogen-bond acceptors (Lipinski definition) is 6. The van der Waals surface area contributed by atoms with Gasteiger partial charge in [0.05, 0.1) is 18.8 Å². The van der Waals surface area contributed by atoms with E-state index in [9.17, 15) is 13.2 Å². The van der Waals surface area contributed by atoms with Crippen LogP contribution in [0.5, 0.6) is 0 Å². The lowest BCUT2D eigenvalue weighted by Gasteiger charge is -2.19. The lowest BCUT2D eigenvalue weighted by molar-refractivity contribution is -0.131. The minimum absolute atomic E-state index is 0.185. The molecule has 0 aliphatic heterocycles. The molecule has 1 atom stereocenters. The summed E-state index contributed by atoms with van der Waals surface area (Å²) < 4.78 is 29.8. The van der Waals surface area contributed by atoms with Crippen molar-refractivity contribution in [2.24, 2.45) is 0 Å². The average molecular weight is 330 g/mol. The summed E-state index contributed by atoms with van der Waals surface area (Å²) in [6.45, 7) is 1.69. The van der Waals surface area contributed by atoms with Gasteiger partial charge in [0.15, 0.2) is 5.82 Å². The molecule has 1 N–H and O–H groups in total. The van der Waals surface area contributed by atoms with E-state index in [1.165, 1.54) is 24.7 Å². The van der Waals surface area contributed by atoms with Crippen LogP contribution in [-0.2, 0) is 21.4 Å². The summed E-state index contributed by atoms with van der Waals surface area (Å²) in [5.74, 6) is 1.05. The van der Waals surface area contributed by atoms with Crippen LogP contribution in [0.1, 0.15) is 50.2 Å². The predicted octanol–water partition coefficient (Wildman–Crippen LogP) is 0.623. The van der Waals surface area contributed by atoms with E-state index in [2.05, 4.69) is 14.9 Å². The van der Waals surface area contributed by atoms with E-state index < -0.39 is 16.1 Å². The second-order valence-electron chi connectivity index (χ2n) is 5.84. The van der Waals surface area contributed by atoms with Gasteiger partial charge in [-0.15, -0.1) is 0 Å². The van der Waals surface area contributed by atoms with Gasteiger partial charge in [-0.1, -0.05) is 18.0 Å². The smallest absolute Gasteiger partial charge is 0.240 e. The fourth-order valence-corrected chi connectivity index (χ4v) is 3.41. The topological polar surface area (TPSA) is 105 Å². The van der Waals surface area contributed by atoms with Gasteiger partial charge in [0.2, 0.25) is 21.8 Å². The van der Waals surface area contributed by atoms with Crippen molar-refractivity contribution in [2.45, 2.75) is 51.1 Å². The van der Waals surface area contributed by atoms with E-state index in [0.717, 1.165) is 19.1 Å². The van der Waals surface area contributed by atoms with Gasteiger partial charge in [0.1, 0.15) is 0 Å². The third kappa shape index (κ3) is 4.51. The first kappa shape index (κ1) is 16.9. The number of sulfonamides is 1. The maximum Gasteiger partial charge on any atom is 0.240 e. The summed E-state index contributed by atoms with van der Waals surface area (Å²) in [7, 11) is -1.85. The molecule has 8 nitrogen and oxygen atoms in total. The molecule has 0 aromatic carbocycles. The highest BCUT2D eigenvalue weighted by molar-refractivity contribution is 7.88. The second kappa shape index (κ2) is 6.74. The number of rotatable bonds is 6. The molecule has 22 heavy (non-hydrogen) atoms. The van der Waals surface area contributed by atoms with E-state index in [-0.39, 0.29) is 12.5 Å². The summed E-state index contributed by atoms with van der Waals surface area (Å²) in [6, 6.07) is -0.832. The quantitative estimate of drug-likeness (QED) is 0.820. The van der Waals surface area contributed by atoms with Gasteiger partial charge in [-0.3, -0.25) is 4.79 Å². The number of hydrogen-bond donors (Lipinski definition) is 1. The van der Waals surface area contributed by atoms with E-state index in [1.54, 1.807) is 7.05 Å². The number of carbonyl (C=O) groups excluding carboxylic acids is 1. The molecule has 0 spiro atoms. The van der Waals surface area contributed by atoms with E-state index in [4.69, 9.17) is 4.52 Å². The Kier molecular flexibility index (Phi) is 5.17. The van der Waals surface area contributed by atoms with Crippen LogP contribution in [0.15, 0.2) is 4.52 Å². The van der Waals surface area contributed by atoms with Gasteiger partial charge < -0.3 is 9.42 Å². The molecule has 2 rings (SSSR count). The molecule has 1 amide bonds. The summed E-state index contributed by atoms with van der Waals surface area (Å²) in [5, 5.41) is 3.90. The van der Waals surface area contributed by atoms with Gasteiger partial charge in [-0.25, -0.2) is 13.1 Å². The molecule has 0 bridgehead atoms. The summed E-state index contributed by atoms with van der Waals surface area (Å²) >= 11 is 0. The Morgan fingerprint density at radius 1 is 1.45 bits per heavy atom. The lowest BCUT2D eigenvalue weighted by Crippen LogP contribution is -2.44. The normalized spacial score (nSPS) is 17.6. The van der Waals surface area contributed by atoms with Gasteiger partial charge in [0.25, 0.3) is 0 Å². The van der Waals surface area contributed by atoms with E-state index >= 15 is 0 Å². The van der Waals surface area contributed by atoms with Crippen molar-refractivity contribution in [3.05, 3.63) is 11.7 Å². The Morgan fingerprint density at radius 2 is 2.09 bits per heavy atom. The SMILES string of the molecule is C[C@@H](NS(C)(=O)=O)C(=O)N(C)Cc1noc(C2CCCC2)n1. The third-order valence-electron chi connectivity index (χ3n) is 3.70. The third-order valence-corrected chi connectivity index (χ3v) is 4.49. The molecule has 1 aromatic rings. The van der Waals surface area contributed by atoms with E-state index in [0.29, 0.717) is 17.6 Å². The molecule has 9 heteroatoms. The minimum atomic E-state index is -3.43. The number of nitrogens with zero attached hydrogens (tertiary/aromatic N) is 3. The standard InChI is InChI=1S/C13H22N4O4S/c1-9(16-22(3,19)20)13(18)17(2)8-11-14-12(21-15-11)10-6-4-5-7-10/h9-10,16H,4-8H2,1-3H3/t9-/m1/s1. The highest BCUT2D eigenvalue weighted by Crippen LogP contribution is 2.32. The van der Waals surface area contributed by atoms with Crippen LogP contribution in [0.2, 0.25) is 0 Å². The molecular weight excluding hydrogens is 308 g/mol. The van der Waals surface area contributed by atoms with Crippen molar-refractivity contribution in [3.8, 4) is 0 Å². The number of aromatic nitrogens is 2. The second-order valence-corrected chi connectivity index (χ2v) is 7.62. The Balaban J connectivity index is 1.93. The summed E-state index contributed by atoms with van der Waals surface area (Å²) in [4.78, 5) is 17.8. The maximum atomic E-state index is 12.1. The van der Waals surface area contributed by atoms with Gasteiger partial charge in [-0.2, -0.15) is 4.98 Å². The van der Waals surface area contributed by atoms with Gasteiger partial charge in [0, 0.05) is 13.0 Å². The van der Waals surface area contributed by atoms with Crippen molar-refractivity contribution < 1.29 is 17.7 Å². The molecule has 1 aliphatic rings. The molecule has 1 heterocycles. The lowest BCUT2D eigenvalue weighted by atomic mass is 10.1. The molecule has 124 valence electrons. The van der Waals surface area contributed by atoms with Gasteiger partial charge in [-0.05, 0) is 19.8 Å². The summed E-state index contributed by atoms with van der Waals surface area (Å²) in [5.41, 5.74) is 0. The average Bonchev–Trinajstić information content (AvgIpc) is 3.05. The van der Waals surface area contributed by atoms with Crippen molar-refractivity contribution in [1.82, 2.24) is 19.8 Å². The van der Waals surface area contributed by atoms with Crippen molar-refractivity contribution in [3.63, 3.8) is 0 Å². The fourth-order valence-electron chi connectivity index (χ4n) is 2.66. The minimum Gasteiger partial charge on any atom is -0.339 e. The highest BCUT2D eigenvalue weighted by atomic mass is 32.2. The monoisotopic (exact) mass is 330 g/mol. The van der Waals surface area contributed by atoms with Crippen LogP contribution in [0.25, 0.3) is 0 Å². The van der Waals surface area contributed by atoms with Crippen molar-refractivity contribution in [2.75, 3.05) is 13.3 Å². The highest BCUT2D eigenvalue weighted by Gasteiger charge is 2.25. The van der Waals surface area contributed by atoms with Gasteiger partial charge >= 0.3 is 0 Å². The zero-order chi connectivity index (χ0) is 16.3. The van der Waals surface area contributed by atoms with Crippen LogP contribution in [0.4, 0.5) is 0 Å².